The van der Waals surface area contributed by atoms with Gasteiger partial charge in [-0.2, -0.15) is 0 Å². The summed E-state index contributed by atoms with van der Waals surface area (Å²) in [4.78, 5) is 0. The van der Waals surface area contributed by atoms with Crippen LogP contribution in [-0.2, 0) is 0 Å². The smallest absolute Gasteiger partial charge is 0.0126 e. The lowest BCUT2D eigenvalue weighted by atomic mass is 10.0. The Labute approximate surface area is 87.7 Å². The Morgan fingerprint density at radius 2 is 1.57 bits per heavy atom. The molecule has 80 valence electrons. The van der Waals surface area contributed by atoms with Crippen molar-refractivity contribution in [2.45, 2.75) is 64.0 Å². The molecule has 0 aromatic heterocycles. The quantitative estimate of drug-likeness (QED) is 0.724. The maximum atomic E-state index is 3.99. The second-order valence-corrected chi connectivity index (χ2v) is 5.88. The minimum atomic E-state index is 0.862. The lowest BCUT2D eigenvalue weighted by Gasteiger charge is -2.25. The summed E-state index contributed by atoms with van der Waals surface area (Å²) in [7, 11) is 0. The normalized spacial score (nSPS) is 38.1. The molecule has 0 aromatic carbocycles. The summed E-state index contributed by atoms with van der Waals surface area (Å²) in [5.74, 6) is 3.07. The van der Waals surface area contributed by atoms with Crippen LogP contribution in [0.5, 0.6) is 0 Å². The summed E-state index contributed by atoms with van der Waals surface area (Å²) >= 11 is 0. The Morgan fingerprint density at radius 1 is 0.929 bits per heavy atom. The molecule has 2 unspecified atom stereocenters. The minimum Gasteiger partial charge on any atom is -0.310 e. The molecule has 3 fully saturated rings. The van der Waals surface area contributed by atoms with Gasteiger partial charge in [-0.3, -0.25) is 0 Å². The van der Waals surface area contributed by atoms with Crippen molar-refractivity contribution in [1.29, 1.82) is 0 Å². The summed E-state index contributed by atoms with van der Waals surface area (Å²) in [5, 5.41) is 3.99. The highest BCUT2D eigenvalue weighted by Gasteiger charge is 2.42. The second kappa shape index (κ2) is 3.52. The summed E-state index contributed by atoms with van der Waals surface area (Å²) < 4.78 is 0. The molecule has 1 nitrogen and oxygen atoms in total. The average molecular weight is 193 g/mol. The van der Waals surface area contributed by atoms with Crippen molar-refractivity contribution in [1.82, 2.24) is 5.32 Å². The van der Waals surface area contributed by atoms with Gasteiger partial charge in [0.15, 0.2) is 0 Å². The van der Waals surface area contributed by atoms with Crippen molar-refractivity contribution >= 4 is 0 Å². The third kappa shape index (κ3) is 1.84. The van der Waals surface area contributed by atoms with E-state index in [9.17, 15) is 0 Å². The molecule has 3 aliphatic rings. The molecule has 14 heavy (non-hydrogen) atoms. The molecule has 0 amide bonds. The van der Waals surface area contributed by atoms with E-state index in [1.807, 2.05) is 0 Å². The van der Waals surface area contributed by atoms with Gasteiger partial charge in [0.2, 0.25) is 0 Å². The van der Waals surface area contributed by atoms with Crippen LogP contribution in [0.25, 0.3) is 0 Å². The molecular weight excluding hydrogens is 170 g/mol. The van der Waals surface area contributed by atoms with E-state index in [0.717, 1.165) is 29.8 Å². The highest BCUT2D eigenvalue weighted by atomic mass is 15.0. The van der Waals surface area contributed by atoms with Crippen molar-refractivity contribution < 1.29 is 0 Å². The first kappa shape index (κ1) is 9.21. The summed E-state index contributed by atoms with van der Waals surface area (Å²) in [6, 6.07) is 1.78. The van der Waals surface area contributed by atoms with E-state index in [1.54, 1.807) is 0 Å². The van der Waals surface area contributed by atoms with Gasteiger partial charge < -0.3 is 5.32 Å². The van der Waals surface area contributed by atoms with Crippen molar-refractivity contribution in [3.05, 3.63) is 0 Å². The molecule has 0 bridgehead atoms. The van der Waals surface area contributed by atoms with Crippen molar-refractivity contribution in [2.24, 2.45) is 17.8 Å². The molecular formula is C13H23N. The van der Waals surface area contributed by atoms with Crippen LogP contribution >= 0.6 is 0 Å². The van der Waals surface area contributed by atoms with Crippen LogP contribution in [0.15, 0.2) is 0 Å². The Morgan fingerprint density at radius 3 is 2.00 bits per heavy atom. The van der Waals surface area contributed by atoms with Crippen LogP contribution in [0.3, 0.4) is 0 Å². The third-order valence-corrected chi connectivity index (χ3v) is 4.53. The molecule has 0 aliphatic heterocycles. The van der Waals surface area contributed by atoms with Gasteiger partial charge in [0, 0.05) is 12.1 Å². The fraction of sp³-hybridized carbons (Fsp3) is 1.00. The molecule has 2 atom stereocenters. The first-order valence-corrected chi connectivity index (χ1v) is 6.60. The number of hydrogen-bond donors (Lipinski definition) is 1. The lowest BCUT2D eigenvalue weighted by molar-refractivity contribution is 0.324. The molecule has 1 heteroatoms. The van der Waals surface area contributed by atoms with Crippen LogP contribution in [0.2, 0.25) is 0 Å². The van der Waals surface area contributed by atoms with Crippen LogP contribution < -0.4 is 5.32 Å². The van der Waals surface area contributed by atoms with Crippen LogP contribution in [0.1, 0.15) is 51.9 Å². The van der Waals surface area contributed by atoms with E-state index in [0.29, 0.717) is 0 Å². The van der Waals surface area contributed by atoms with Gasteiger partial charge >= 0.3 is 0 Å². The van der Waals surface area contributed by atoms with Gasteiger partial charge in [-0.1, -0.05) is 13.3 Å². The first-order valence-electron chi connectivity index (χ1n) is 6.60. The number of rotatable bonds is 4. The Kier molecular flexibility index (Phi) is 2.31. The van der Waals surface area contributed by atoms with Crippen LogP contribution in [0.4, 0.5) is 0 Å². The number of hydrogen-bond acceptors (Lipinski definition) is 1. The number of nitrogens with one attached hydrogen (secondary N) is 1. The fourth-order valence-corrected chi connectivity index (χ4v) is 3.21. The second-order valence-electron chi connectivity index (χ2n) is 5.88. The summed E-state index contributed by atoms with van der Waals surface area (Å²) in [5.41, 5.74) is 0. The zero-order valence-corrected chi connectivity index (χ0v) is 9.34. The molecule has 3 aliphatic carbocycles. The summed E-state index contributed by atoms with van der Waals surface area (Å²) in [6.45, 7) is 2.43. The third-order valence-electron chi connectivity index (χ3n) is 4.53. The summed E-state index contributed by atoms with van der Waals surface area (Å²) in [6.07, 6.45) is 10.4. The van der Waals surface area contributed by atoms with Gasteiger partial charge in [0.25, 0.3) is 0 Å². The lowest BCUT2D eigenvalue weighted by Crippen LogP contribution is -2.42. The van der Waals surface area contributed by atoms with Gasteiger partial charge in [-0.15, -0.1) is 0 Å². The maximum absolute atomic E-state index is 3.99. The van der Waals surface area contributed by atoms with Gasteiger partial charge in [-0.25, -0.2) is 0 Å². The minimum absolute atomic E-state index is 0.862. The average Bonchev–Trinajstić information content (AvgIpc) is 3.05. The zero-order valence-electron chi connectivity index (χ0n) is 9.34. The predicted molar refractivity (Wildman–Crippen MR) is 59.2 cm³/mol. The standard InChI is InChI=1S/C13H23N/c1-9-3-2-4-12(9)14-13(10-5-6-10)11-7-8-11/h9-14H,2-8H2,1H3. The van der Waals surface area contributed by atoms with Crippen LogP contribution in [-0.4, -0.2) is 12.1 Å². The Hall–Kier alpha value is -0.0400. The molecule has 3 rings (SSSR count). The van der Waals surface area contributed by atoms with Gasteiger partial charge in [-0.05, 0) is 56.3 Å². The topological polar surface area (TPSA) is 12.0 Å². The van der Waals surface area contributed by atoms with Crippen molar-refractivity contribution in [2.75, 3.05) is 0 Å². The van der Waals surface area contributed by atoms with E-state index >= 15 is 0 Å². The van der Waals surface area contributed by atoms with Crippen molar-refractivity contribution in [3.8, 4) is 0 Å². The Balaban J connectivity index is 1.57. The Bertz CT molecular complexity index is 193. The largest absolute Gasteiger partial charge is 0.310 e. The molecule has 0 radical (unpaired) electrons. The van der Waals surface area contributed by atoms with E-state index in [1.165, 1.54) is 44.9 Å². The van der Waals surface area contributed by atoms with Gasteiger partial charge in [0.1, 0.15) is 0 Å². The van der Waals surface area contributed by atoms with E-state index in [4.69, 9.17) is 0 Å². The fourth-order valence-electron chi connectivity index (χ4n) is 3.21. The molecule has 0 aromatic rings. The van der Waals surface area contributed by atoms with Crippen LogP contribution in [0, 0.1) is 17.8 Å². The molecule has 0 saturated heterocycles. The SMILES string of the molecule is CC1CCCC1NC(C1CC1)C1CC1. The first-order chi connectivity index (χ1) is 6.84. The monoisotopic (exact) mass is 193 g/mol. The van der Waals surface area contributed by atoms with E-state index < -0.39 is 0 Å². The van der Waals surface area contributed by atoms with E-state index in [-0.39, 0.29) is 0 Å². The highest BCUT2D eigenvalue weighted by Crippen LogP contribution is 2.45. The molecule has 3 saturated carbocycles. The molecule has 0 spiro atoms. The predicted octanol–water partition coefficient (Wildman–Crippen LogP) is 2.95. The highest BCUT2D eigenvalue weighted by molar-refractivity contribution is 4.98. The van der Waals surface area contributed by atoms with Crippen molar-refractivity contribution in [3.63, 3.8) is 0 Å². The molecule has 1 N–H and O–H groups in total. The zero-order chi connectivity index (χ0) is 9.54. The maximum Gasteiger partial charge on any atom is 0.0126 e. The van der Waals surface area contributed by atoms with E-state index in [2.05, 4.69) is 12.2 Å². The van der Waals surface area contributed by atoms with Gasteiger partial charge in [0.05, 0.1) is 0 Å². The molecule has 0 heterocycles.